The standard InChI is InChI=1S/C23H31N9O/c1-4-18(23(33)31-10-9-30-8-6-7-17(30)13-31)28-20-19-22(27-14-26-20)32(5-2)21(29-19)16-11-24-15(3)25-12-16/h11-12,14,17-18H,4-10,13H2,1-3H3,(H,26,27,28)/t17-,18-/m0/s1. The number of rotatable bonds is 6. The molecule has 0 bridgehead atoms. The zero-order valence-electron chi connectivity index (χ0n) is 19.5. The molecule has 1 amide bonds. The predicted octanol–water partition coefficient (Wildman–Crippen LogP) is 2.11. The number of fused-ring (bicyclic) bond motifs is 2. The van der Waals surface area contributed by atoms with E-state index in [-0.39, 0.29) is 11.9 Å². The highest BCUT2D eigenvalue weighted by Gasteiger charge is 2.34. The van der Waals surface area contributed by atoms with Crippen LogP contribution in [0.3, 0.4) is 0 Å². The first-order chi connectivity index (χ1) is 16.1. The lowest BCUT2D eigenvalue weighted by molar-refractivity contribution is -0.134. The molecule has 5 heterocycles. The molecule has 1 N–H and O–H groups in total. The van der Waals surface area contributed by atoms with Gasteiger partial charge in [-0.15, -0.1) is 0 Å². The zero-order chi connectivity index (χ0) is 22.9. The third kappa shape index (κ3) is 4.03. The van der Waals surface area contributed by atoms with E-state index in [1.807, 2.05) is 23.3 Å². The van der Waals surface area contributed by atoms with Crippen LogP contribution >= 0.6 is 0 Å². The van der Waals surface area contributed by atoms with Crippen LogP contribution in [0.25, 0.3) is 22.6 Å². The van der Waals surface area contributed by atoms with Gasteiger partial charge in [-0.05, 0) is 39.7 Å². The van der Waals surface area contributed by atoms with Gasteiger partial charge >= 0.3 is 0 Å². The number of piperazine rings is 1. The highest BCUT2D eigenvalue weighted by molar-refractivity contribution is 5.90. The van der Waals surface area contributed by atoms with E-state index < -0.39 is 0 Å². The Labute approximate surface area is 193 Å². The average molecular weight is 450 g/mol. The number of anilines is 1. The molecule has 3 aromatic rings. The third-order valence-electron chi connectivity index (χ3n) is 6.80. The van der Waals surface area contributed by atoms with Crippen LogP contribution in [0.2, 0.25) is 0 Å². The SMILES string of the molecule is CC[C@H](Nc1ncnc2c1nc(-c1cnc(C)nc1)n2CC)C(=O)N1CCN2CCC[C@H]2C1. The van der Waals surface area contributed by atoms with Gasteiger partial charge < -0.3 is 14.8 Å². The van der Waals surface area contributed by atoms with E-state index in [2.05, 4.69) is 37.1 Å². The number of aryl methyl sites for hydroxylation is 2. The molecule has 5 rings (SSSR count). The lowest BCUT2D eigenvalue weighted by Crippen LogP contribution is -2.55. The number of amides is 1. The van der Waals surface area contributed by atoms with E-state index in [1.54, 1.807) is 12.4 Å². The van der Waals surface area contributed by atoms with Crippen LogP contribution in [-0.4, -0.2) is 83.5 Å². The van der Waals surface area contributed by atoms with Gasteiger partial charge in [0.1, 0.15) is 24.0 Å². The Morgan fingerprint density at radius 3 is 2.73 bits per heavy atom. The van der Waals surface area contributed by atoms with Gasteiger partial charge in [0.2, 0.25) is 5.91 Å². The van der Waals surface area contributed by atoms with Gasteiger partial charge in [-0.2, -0.15) is 0 Å². The summed E-state index contributed by atoms with van der Waals surface area (Å²) in [6, 6.07) is 0.152. The van der Waals surface area contributed by atoms with Crippen molar-refractivity contribution in [1.82, 2.24) is 39.3 Å². The molecular weight excluding hydrogens is 418 g/mol. The summed E-state index contributed by atoms with van der Waals surface area (Å²) in [5.74, 6) is 2.18. The molecule has 0 aliphatic carbocycles. The van der Waals surface area contributed by atoms with Crippen molar-refractivity contribution in [3.05, 3.63) is 24.5 Å². The second kappa shape index (κ2) is 9.01. The molecule has 33 heavy (non-hydrogen) atoms. The van der Waals surface area contributed by atoms with Crippen LogP contribution in [0.4, 0.5) is 5.82 Å². The van der Waals surface area contributed by atoms with Gasteiger partial charge in [-0.1, -0.05) is 6.92 Å². The van der Waals surface area contributed by atoms with Crippen LogP contribution in [0.5, 0.6) is 0 Å². The molecule has 10 nitrogen and oxygen atoms in total. The Morgan fingerprint density at radius 1 is 1.15 bits per heavy atom. The van der Waals surface area contributed by atoms with Gasteiger partial charge in [0.15, 0.2) is 17.0 Å². The van der Waals surface area contributed by atoms with E-state index in [0.717, 1.165) is 43.2 Å². The quantitative estimate of drug-likeness (QED) is 0.610. The van der Waals surface area contributed by atoms with Crippen molar-refractivity contribution in [3.8, 4) is 11.4 Å². The highest BCUT2D eigenvalue weighted by atomic mass is 16.2. The number of nitrogens with one attached hydrogen (secondary N) is 1. The maximum Gasteiger partial charge on any atom is 0.245 e. The van der Waals surface area contributed by atoms with Crippen molar-refractivity contribution in [1.29, 1.82) is 0 Å². The van der Waals surface area contributed by atoms with Crippen molar-refractivity contribution in [2.75, 3.05) is 31.5 Å². The van der Waals surface area contributed by atoms with Gasteiger partial charge in [-0.3, -0.25) is 9.69 Å². The number of hydrogen-bond donors (Lipinski definition) is 1. The topological polar surface area (TPSA) is 105 Å². The number of carbonyl (C=O) groups excluding carboxylic acids is 1. The molecule has 2 aliphatic heterocycles. The molecule has 0 saturated carbocycles. The van der Waals surface area contributed by atoms with Crippen LogP contribution in [0, 0.1) is 6.92 Å². The van der Waals surface area contributed by atoms with Crippen LogP contribution in [-0.2, 0) is 11.3 Å². The fraction of sp³-hybridized carbons (Fsp3) is 0.565. The van der Waals surface area contributed by atoms with Crippen LogP contribution in [0.1, 0.15) is 38.9 Å². The summed E-state index contributed by atoms with van der Waals surface area (Å²) in [4.78, 5) is 40.4. The summed E-state index contributed by atoms with van der Waals surface area (Å²) in [5.41, 5.74) is 2.21. The maximum absolute atomic E-state index is 13.4. The van der Waals surface area contributed by atoms with Crippen molar-refractivity contribution in [3.63, 3.8) is 0 Å². The normalized spacial score (nSPS) is 19.6. The molecular formula is C23H31N9O. The molecule has 2 saturated heterocycles. The number of carbonyl (C=O) groups is 1. The van der Waals surface area contributed by atoms with Crippen molar-refractivity contribution in [2.45, 2.75) is 58.7 Å². The fourth-order valence-electron chi connectivity index (χ4n) is 4.99. The Balaban J connectivity index is 1.43. The lowest BCUT2D eigenvalue weighted by Gasteiger charge is -2.39. The molecule has 2 atom stereocenters. The van der Waals surface area contributed by atoms with Gasteiger partial charge in [-0.25, -0.2) is 24.9 Å². The molecule has 0 spiro atoms. The van der Waals surface area contributed by atoms with Crippen molar-refractivity contribution < 1.29 is 4.79 Å². The Morgan fingerprint density at radius 2 is 1.97 bits per heavy atom. The number of aromatic nitrogens is 6. The lowest BCUT2D eigenvalue weighted by atomic mass is 10.1. The monoisotopic (exact) mass is 449 g/mol. The second-order valence-electron chi connectivity index (χ2n) is 8.81. The third-order valence-corrected chi connectivity index (χ3v) is 6.80. The maximum atomic E-state index is 13.4. The van der Waals surface area contributed by atoms with E-state index in [9.17, 15) is 4.79 Å². The van der Waals surface area contributed by atoms with Crippen LogP contribution in [0.15, 0.2) is 18.7 Å². The largest absolute Gasteiger partial charge is 0.356 e. The Hall–Kier alpha value is -3.14. The average Bonchev–Trinajstić information content (AvgIpc) is 3.46. The molecule has 2 aliphatic rings. The minimum atomic E-state index is -0.353. The summed E-state index contributed by atoms with van der Waals surface area (Å²) in [6.07, 6.45) is 8.16. The summed E-state index contributed by atoms with van der Waals surface area (Å²) < 4.78 is 2.03. The first-order valence-corrected chi connectivity index (χ1v) is 11.9. The van der Waals surface area contributed by atoms with Gasteiger partial charge in [0.05, 0.1) is 5.56 Å². The van der Waals surface area contributed by atoms with E-state index in [4.69, 9.17) is 4.98 Å². The molecule has 2 fully saturated rings. The van der Waals surface area contributed by atoms with E-state index in [1.165, 1.54) is 19.2 Å². The number of hydrogen-bond acceptors (Lipinski definition) is 8. The fourth-order valence-corrected chi connectivity index (χ4v) is 4.99. The number of imidazole rings is 1. The Bertz CT molecular complexity index is 1140. The summed E-state index contributed by atoms with van der Waals surface area (Å²) >= 11 is 0. The van der Waals surface area contributed by atoms with Gasteiger partial charge in [0, 0.05) is 44.6 Å². The van der Waals surface area contributed by atoms with Crippen molar-refractivity contribution >= 4 is 22.9 Å². The highest BCUT2D eigenvalue weighted by Crippen LogP contribution is 2.27. The molecule has 0 unspecified atom stereocenters. The summed E-state index contributed by atoms with van der Waals surface area (Å²) in [5, 5.41) is 3.39. The minimum absolute atomic E-state index is 0.137. The number of nitrogens with zero attached hydrogens (tertiary/aromatic N) is 8. The molecule has 0 radical (unpaired) electrons. The summed E-state index contributed by atoms with van der Waals surface area (Å²) in [7, 11) is 0. The Kier molecular flexibility index (Phi) is 5.92. The minimum Gasteiger partial charge on any atom is -0.356 e. The van der Waals surface area contributed by atoms with Crippen LogP contribution < -0.4 is 5.32 Å². The van der Waals surface area contributed by atoms with E-state index >= 15 is 0 Å². The zero-order valence-corrected chi connectivity index (χ0v) is 19.5. The van der Waals surface area contributed by atoms with E-state index in [0.29, 0.717) is 36.2 Å². The van der Waals surface area contributed by atoms with Gasteiger partial charge in [0.25, 0.3) is 0 Å². The first kappa shape index (κ1) is 21.7. The smallest absolute Gasteiger partial charge is 0.245 e. The first-order valence-electron chi connectivity index (χ1n) is 11.9. The molecule has 3 aromatic heterocycles. The molecule has 10 heteroatoms. The molecule has 0 aromatic carbocycles. The molecule has 174 valence electrons. The predicted molar refractivity (Wildman–Crippen MR) is 126 cm³/mol. The van der Waals surface area contributed by atoms with Crippen molar-refractivity contribution in [2.24, 2.45) is 0 Å². The summed E-state index contributed by atoms with van der Waals surface area (Å²) in [6.45, 7) is 10.4. The second-order valence-corrected chi connectivity index (χ2v) is 8.81.